The van der Waals surface area contributed by atoms with E-state index in [0.717, 1.165) is 0 Å². The van der Waals surface area contributed by atoms with Gasteiger partial charge in [-0.2, -0.15) is 0 Å². The van der Waals surface area contributed by atoms with Gasteiger partial charge >= 0.3 is 0 Å². The third-order valence-corrected chi connectivity index (χ3v) is 3.08. The first-order chi connectivity index (χ1) is 7.52. The number of ether oxygens (including phenoxy) is 1. The van der Waals surface area contributed by atoms with E-state index in [2.05, 4.69) is 15.9 Å². The Morgan fingerprint density at radius 1 is 1.62 bits per heavy atom. The van der Waals surface area contributed by atoms with Crippen LogP contribution >= 0.6 is 15.9 Å². The summed E-state index contributed by atoms with van der Waals surface area (Å²) in [5.41, 5.74) is 5.68. The molecule has 0 fully saturated rings. The number of halogens is 2. The highest BCUT2D eigenvalue weighted by Gasteiger charge is 2.21. The summed E-state index contributed by atoms with van der Waals surface area (Å²) in [5, 5.41) is 9.86. The van der Waals surface area contributed by atoms with Crippen molar-refractivity contribution in [3.63, 3.8) is 0 Å². The molecule has 1 atom stereocenters. The number of benzene rings is 1. The predicted octanol–water partition coefficient (Wildman–Crippen LogP) is 2.75. The van der Waals surface area contributed by atoms with Crippen molar-refractivity contribution in [2.45, 2.75) is 19.3 Å². The highest BCUT2D eigenvalue weighted by atomic mass is 79.9. The standard InChI is InChI=1S/C11H15BrFNO2/c1-6(3-4-14)9-10(13)7(12)5-8(16-2)11(9)15/h5-6,15H,3-4,14H2,1-2H3. The summed E-state index contributed by atoms with van der Waals surface area (Å²) in [6.45, 7) is 2.26. The number of nitrogens with two attached hydrogens (primary N) is 1. The Labute approximate surface area is 103 Å². The Balaban J connectivity index is 3.29. The van der Waals surface area contributed by atoms with Crippen molar-refractivity contribution in [2.24, 2.45) is 5.73 Å². The van der Waals surface area contributed by atoms with Gasteiger partial charge in [0.2, 0.25) is 0 Å². The minimum Gasteiger partial charge on any atom is -0.504 e. The van der Waals surface area contributed by atoms with Crippen LogP contribution in [-0.4, -0.2) is 18.8 Å². The molecule has 0 spiro atoms. The summed E-state index contributed by atoms with van der Waals surface area (Å²) in [6.07, 6.45) is 0.601. The second-order valence-electron chi connectivity index (χ2n) is 3.62. The fourth-order valence-corrected chi connectivity index (χ4v) is 2.03. The lowest BCUT2D eigenvalue weighted by atomic mass is 9.96. The lowest BCUT2D eigenvalue weighted by Gasteiger charge is -2.16. The second kappa shape index (κ2) is 5.50. The average Bonchev–Trinajstić information content (AvgIpc) is 2.24. The smallest absolute Gasteiger partial charge is 0.164 e. The first-order valence-corrected chi connectivity index (χ1v) is 5.77. The van der Waals surface area contributed by atoms with E-state index >= 15 is 0 Å². The lowest BCUT2D eigenvalue weighted by Crippen LogP contribution is -2.07. The molecule has 0 saturated carbocycles. The summed E-state index contributed by atoms with van der Waals surface area (Å²) in [7, 11) is 1.43. The number of phenols is 1. The number of hydrogen-bond donors (Lipinski definition) is 2. The molecule has 1 rings (SSSR count). The zero-order valence-electron chi connectivity index (χ0n) is 9.26. The highest BCUT2D eigenvalue weighted by Crippen LogP contribution is 2.41. The molecule has 90 valence electrons. The quantitative estimate of drug-likeness (QED) is 0.897. The van der Waals surface area contributed by atoms with Crippen LogP contribution in [0, 0.1) is 5.82 Å². The molecule has 0 aromatic heterocycles. The van der Waals surface area contributed by atoms with Gasteiger partial charge in [-0.3, -0.25) is 0 Å². The Kier molecular flexibility index (Phi) is 4.56. The van der Waals surface area contributed by atoms with Crippen LogP contribution in [0.1, 0.15) is 24.8 Å². The van der Waals surface area contributed by atoms with Crippen molar-refractivity contribution in [2.75, 3.05) is 13.7 Å². The van der Waals surface area contributed by atoms with Crippen LogP contribution in [0.5, 0.6) is 11.5 Å². The molecule has 16 heavy (non-hydrogen) atoms. The minimum absolute atomic E-state index is 0.149. The molecule has 1 aromatic carbocycles. The van der Waals surface area contributed by atoms with Crippen molar-refractivity contribution in [1.82, 2.24) is 0 Å². The van der Waals surface area contributed by atoms with Crippen molar-refractivity contribution < 1.29 is 14.2 Å². The number of phenolic OH excluding ortho intramolecular Hbond substituents is 1. The summed E-state index contributed by atoms with van der Waals surface area (Å²) in [5.74, 6) is -0.507. The van der Waals surface area contributed by atoms with Gasteiger partial charge in [-0.05, 0) is 34.8 Å². The van der Waals surface area contributed by atoms with Gasteiger partial charge in [-0.1, -0.05) is 6.92 Å². The zero-order chi connectivity index (χ0) is 12.3. The maximum atomic E-state index is 13.8. The topological polar surface area (TPSA) is 55.5 Å². The van der Waals surface area contributed by atoms with E-state index in [-0.39, 0.29) is 27.5 Å². The molecule has 0 aliphatic rings. The molecular formula is C11H15BrFNO2. The third kappa shape index (κ3) is 2.47. The molecule has 3 N–H and O–H groups in total. The Morgan fingerprint density at radius 3 is 2.75 bits per heavy atom. The van der Waals surface area contributed by atoms with Crippen molar-refractivity contribution in [3.05, 3.63) is 21.9 Å². The molecule has 0 aliphatic carbocycles. The van der Waals surface area contributed by atoms with E-state index in [9.17, 15) is 9.50 Å². The van der Waals surface area contributed by atoms with Crippen LogP contribution in [0.3, 0.4) is 0 Å². The predicted molar refractivity (Wildman–Crippen MR) is 64.4 cm³/mol. The summed E-state index contributed by atoms with van der Waals surface area (Å²) in [4.78, 5) is 0. The lowest BCUT2D eigenvalue weighted by molar-refractivity contribution is 0.363. The normalized spacial score (nSPS) is 12.6. The van der Waals surface area contributed by atoms with E-state index in [1.54, 1.807) is 0 Å². The number of methoxy groups -OCH3 is 1. The number of rotatable bonds is 4. The molecule has 0 amide bonds. The van der Waals surface area contributed by atoms with Crippen LogP contribution < -0.4 is 10.5 Å². The largest absolute Gasteiger partial charge is 0.504 e. The Hall–Kier alpha value is -0.810. The molecule has 0 saturated heterocycles. The molecule has 0 heterocycles. The van der Waals surface area contributed by atoms with Gasteiger partial charge in [0.1, 0.15) is 5.82 Å². The van der Waals surface area contributed by atoms with Gasteiger partial charge in [-0.25, -0.2) is 4.39 Å². The number of hydrogen-bond acceptors (Lipinski definition) is 3. The fourth-order valence-electron chi connectivity index (χ4n) is 1.61. The van der Waals surface area contributed by atoms with Crippen LogP contribution in [0.4, 0.5) is 4.39 Å². The van der Waals surface area contributed by atoms with Crippen molar-refractivity contribution >= 4 is 15.9 Å². The van der Waals surface area contributed by atoms with Crippen LogP contribution in [0.25, 0.3) is 0 Å². The van der Waals surface area contributed by atoms with Crippen LogP contribution in [-0.2, 0) is 0 Å². The Bertz CT molecular complexity index is 385. The van der Waals surface area contributed by atoms with Gasteiger partial charge in [0.15, 0.2) is 11.5 Å². The first-order valence-electron chi connectivity index (χ1n) is 4.97. The molecule has 1 aromatic rings. The molecule has 0 aliphatic heterocycles. The van der Waals surface area contributed by atoms with Gasteiger partial charge in [0.05, 0.1) is 11.6 Å². The first kappa shape index (κ1) is 13.3. The van der Waals surface area contributed by atoms with E-state index in [1.807, 2.05) is 6.92 Å². The van der Waals surface area contributed by atoms with Crippen LogP contribution in [0.15, 0.2) is 10.5 Å². The van der Waals surface area contributed by atoms with Crippen molar-refractivity contribution in [1.29, 1.82) is 0 Å². The number of aromatic hydroxyl groups is 1. The monoisotopic (exact) mass is 291 g/mol. The molecule has 5 heteroatoms. The molecule has 1 unspecified atom stereocenters. The van der Waals surface area contributed by atoms with Gasteiger partial charge in [0, 0.05) is 11.6 Å². The minimum atomic E-state index is -0.459. The molecule has 3 nitrogen and oxygen atoms in total. The van der Waals surface area contributed by atoms with E-state index in [1.165, 1.54) is 13.2 Å². The van der Waals surface area contributed by atoms with E-state index in [0.29, 0.717) is 13.0 Å². The third-order valence-electron chi connectivity index (χ3n) is 2.50. The van der Waals surface area contributed by atoms with E-state index in [4.69, 9.17) is 10.5 Å². The second-order valence-corrected chi connectivity index (χ2v) is 4.47. The van der Waals surface area contributed by atoms with E-state index < -0.39 is 5.82 Å². The maximum absolute atomic E-state index is 13.8. The Morgan fingerprint density at radius 2 is 2.25 bits per heavy atom. The molecule has 0 radical (unpaired) electrons. The van der Waals surface area contributed by atoms with Crippen molar-refractivity contribution in [3.8, 4) is 11.5 Å². The molecular weight excluding hydrogens is 277 g/mol. The highest BCUT2D eigenvalue weighted by molar-refractivity contribution is 9.10. The molecule has 0 bridgehead atoms. The SMILES string of the molecule is COc1cc(Br)c(F)c(C(C)CCN)c1O. The van der Waals surface area contributed by atoms with Gasteiger partial charge in [-0.15, -0.1) is 0 Å². The maximum Gasteiger partial charge on any atom is 0.164 e. The van der Waals surface area contributed by atoms with Gasteiger partial charge in [0.25, 0.3) is 0 Å². The van der Waals surface area contributed by atoms with Gasteiger partial charge < -0.3 is 15.6 Å². The summed E-state index contributed by atoms with van der Waals surface area (Å²) < 4.78 is 19.1. The zero-order valence-corrected chi connectivity index (χ0v) is 10.8. The van der Waals surface area contributed by atoms with Crippen LogP contribution in [0.2, 0.25) is 0 Å². The summed E-state index contributed by atoms with van der Waals surface area (Å²) >= 11 is 3.09. The fraction of sp³-hybridized carbons (Fsp3) is 0.455. The summed E-state index contributed by atoms with van der Waals surface area (Å²) in [6, 6.07) is 1.41. The average molecular weight is 292 g/mol.